The largest absolute Gasteiger partial charge is 0.295 e. The molecule has 1 rings (SSSR count). The van der Waals surface area contributed by atoms with E-state index in [4.69, 9.17) is 11.6 Å². The highest BCUT2D eigenvalue weighted by Crippen LogP contribution is 2.13. The molecule has 0 aliphatic heterocycles. The van der Waals surface area contributed by atoms with Gasteiger partial charge in [0.15, 0.2) is 0 Å². The van der Waals surface area contributed by atoms with E-state index in [0.717, 1.165) is 13.1 Å². The Morgan fingerprint density at radius 2 is 2.00 bits per heavy atom. The number of pyridine rings is 1. The smallest absolute Gasteiger partial charge is 0.0351 e. The summed E-state index contributed by atoms with van der Waals surface area (Å²) >= 11 is 5.89. The molecule has 0 N–H and O–H groups in total. The van der Waals surface area contributed by atoms with Crippen LogP contribution in [0.3, 0.4) is 0 Å². The lowest BCUT2D eigenvalue weighted by atomic mass is 10.1. The molecular weight excluding hydrogens is 232 g/mol. The minimum Gasteiger partial charge on any atom is -0.295 e. The first-order valence-corrected chi connectivity index (χ1v) is 6.95. The summed E-state index contributed by atoms with van der Waals surface area (Å²) in [7, 11) is 0. The maximum Gasteiger partial charge on any atom is 0.0351 e. The van der Waals surface area contributed by atoms with E-state index in [9.17, 15) is 0 Å². The van der Waals surface area contributed by atoms with Crippen LogP contribution in [0.5, 0.6) is 0 Å². The molecule has 0 atom stereocenters. The van der Waals surface area contributed by atoms with E-state index >= 15 is 0 Å². The molecular formula is C14H23ClN2. The van der Waals surface area contributed by atoms with Crippen molar-refractivity contribution in [1.29, 1.82) is 0 Å². The second-order valence-corrected chi connectivity index (χ2v) is 4.88. The van der Waals surface area contributed by atoms with Crippen LogP contribution in [0.2, 0.25) is 0 Å². The van der Waals surface area contributed by atoms with Crippen molar-refractivity contribution in [3.63, 3.8) is 0 Å². The standard InChI is InChI=1S/C14H23ClN2/c1-4-14(5-2)17(7-6-15)11-13-8-12(3)9-16-10-13/h8-10,14H,4-7,11H2,1-3H3. The summed E-state index contributed by atoms with van der Waals surface area (Å²) in [6.45, 7) is 8.46. The summed E-state index contributed by atoms with van der Waals surface area (Å²) in [5, 5.41) is 0. The molecule has 0 unspecified atom stereocenters. The number of halogens is 1. The lowest BCUT2D eigenvalue weighted by Crippen LogP contribution is -2.35. The first kappa shape index (κ1) is 14.5. The Kier molecular flexibility index (Phi) is 6.53. The molecule has 1 heterocycles. The summed E-state index contributed by atoms with van der Waals surface area (Å²) in [5.74, 6) is 0.690. The van der Waals surface area contributed by atoms with Gasteiger partial charge < -0.3 is 0 Å². The van der Waals surface area contributed by atoms with E-state index in [1.54, 1.807) is 0 Å². The fourth-order valence-corrected chi connectivity index (χ4v) is 2.46. The summed E-state index contributed by atoms with van der Waals surface area (Å²) in [4.78, 5) is 6.71. The van der Waals surface area contributed by atoms with Crippen molar-refractivity contribution in [2.24, 2.45) is 0 Å². The van der Waals surface area contributed by atoms with Crippen LogP contribution in [0.25, 0.3) is 0 Å². The minimum atomic E-state index is 0.620. The molecule has 0 spiro atoms. The van der Waals surface area contributed by atoms with Crippen molar-refractivity contribution in [2.45, 2.75) is 46.2 Å². The monoisotopic (exact) mass is 254 g/mol. The van der Waals surface area contributed by atoms with E-state index in [1.165, 1.54) is 24.0 Å². The van der Waals surface area contributed by atoms with Crippen LogP contribution in [-0.2, 0) is 6.54 Å². The number of alkyl halides is 1. The van der Waals surface area contributed by atoms with E-state index in [1.807, 2.05) is 12.4 Å². The number of aryl methyl sites for hydroxylation is 1. The SMILES string of the molecule is CCC(CC)N(CCCl)Cc1cncc(C)c1. The van der Waals surface area contributed by atoms with Crippen LogP contribution in [0.15, 0.2) is 18.5 Å². The molecule has 0 aromatic carbocycles. The number of rotatable bonds is 7. The second kappa shape index (κ2) is 7.67. The highest BCUT2D eigenvalue weighted by molar-refractivity contribution is 6.18. The van der Waals surface area contributed by atoms with Crippen LogP contribution in [0.4, 0.5) is 0 Å². The zero-order valence-electron chi connectivity index (χ0n) is 11.1. The Morgan fingerprint density at radius 1 is 1.29 bits per heavy atom. The maximum atomic E-state index is 5.89. The summed E-state index contributed by atoms with van der Waals surface area (Å²) in [6, 6.07) is 2.82. The van der Waals surface area contributed by atoms with Gasteiger partial charge in [0.05, 0.1) is 0 Å². The molecule has 96 valence electrons. The van der Waals surface area contributed by atoms with Crippen LogP contribution >= 0.6 is 11.6 Å². The summed E-state index contributed by atoms with van der Waals surface area (Å²) in [5.41, 5.74) is 2.50. The van der Waals surface area contributed by atoms with Crippen molar-refractivity contribution in [2.75, 3.05) is 12.4 Å². The third-order valence-electron chi connectivity index (χ3n) is 3.15. The van der Waals surface area contributed by atoms with Gasteiger partial charge in [-0.2, -0.15) is 0 Å². The van der Waals surface area contributed by atoms with Crippen molar-refractivity contribution >= 4 is 11.6 Å². The predicted octanol–water partition coefficient (Wildman–Crippen LogP) is 3.62. The summed E-state index contributed by atoms with van der Waals surface area (Å²) in [6.07, 6.45) is 6.20. The fraction of sp³-hybridized carbons (Fsp3) is 0.643. The molecule has 0 aliphatic carbocycles. The Bertz CT molecular complexity index is 324. The first-order chi connectivity index (χ1) is 8.21. The van der Waals surface area contributed by atoms with E-state index in [-0.39, 0.29) is 0 Å². The highest BCUT2D eigenvalue weighted by Gasteiger charge is 2.14. The van der Waals surface area contributed by atoms with Gasteiger partial charge in [-0.05, 0) is 30.9 Å². The van der Waals surface area contributed by atoms with Gasteiger partial charge in [0, 0.05) is 37.4 Å². The van der Waals surface area contributed by atoms with Crippen molar-refractivity contribution in [3.05, 3.63) is 29.6 Å². The third kappa shape index (κ3) is 4.64. The van der Waals surface area contributed by atoms with Gasteiger partial charge in [-0.25, -0.2) is 0 Å². The molecule has 0 bridgehead atoms. The number of aromatic nitrogens is 1. The second-order valence-electron chi connectivity index (χ2n) is 4.50. The van der Waals surface area contributed by atoms with Gasteiger partial charge in [-0.15, -0.1) is 11.6 Å². The number of nitrogens with zero attached hydrogens (tertiary/aromatic N) is 2. The molecule has 0 aliphatic rings. The fourth-order valence-electron chi connectivity index (χ4n) is 2.24. The normalized spacial score (nSPS) is 11.4. The number of hydrogen-bond acceptors (Lipinski definition) is 2. The van der Waals surface area contributed by atoms with Gasteiger partial charge in [-0.1, -0.05) is 19.9 Å². The quantitative estimate of drug-likeness (QED) is 0.691. The van der Waals surface area contributed by atoms with Crippen LogP contribution < -0.4 is 0 Å². The lowest BCUT2D eigenvalue weighted by molar-refractivity contribution is 0.188. The molecule has 3 heteroatoms. The van der Waals surface area contributed by atoms with E-state index < -0.39 is 0 Å². The van der Waals surface area contributed by atoms with Crippen LogP contribution in [-0.4, -0.2) is 28.4 Å². The van der Waals surface area contributed by atoms with Crippen molar-refractivity contribution in [3.8, 4) is 0 Å². The highest BCUT2D eigenvalue weighted by atomic mass is 35.5. The lowest BCUT2D eigenvalue weighted by Gasteiger charge is -2.29. The van der Waals surface area contributed by atoms with E-state index in [2.05, 4.69) is 36.7 Å². The molecule has 17 heavy (non-hydrogen) atoms. The van der Waals surface area contributed by atoms with Crippen molar-refractivity contribution in [1.82, 2.24) is 9.88 Å². The molecule has 2 nitrogen and oxygen atoms in total. The molecule has 0 amide bonds. The molecule has 1 aromatic heterocycles. The van der Waals surface area contributed by atoms with Gasteiger partial charge in [0.2, 0.25) is 0 Å². The molecule has 0 saturated heterocycles. The third-order valence-corrected chi connectivity index (χ3v) is 3.32. The van der Waals surface area contributed by atoms with Gasteiger partial charge in [0.25, 0.3) is 0 Å². The van der Waals surface area contributed by atoms with Gasteiger partial charge in [0.1, 0.15) is 0 Å². The van der Waals surface area contributed by atoms with Crippen LogP contribution in [0, 0.1) is 6.92 Å². The molecule has 0 fully saturated rings. The molecule has 0 radical (unpaired) electrons. The molecule has 0 saturated carbocycles. The van der Waals surface area contributed by atoms with Crippen LogP contribution in [0.1, 0.15) is 37.8 Å². The predicted molar refractivity (Wildman–Crippen MR) is 74.5 cm³/mol. The zero-order chi connectivity index (χ0) is 12.7. The Labute approximate surface area is 110 Å². The minimum absolute atomic E-state index is 0.620. The number of hydrogen-bond donors (Lipinski definition) is 0. The molecule has 1 aromatic rings. The van der Waals surface area contributed by atoms with E-state index in [0.29, 0.717) is 11.9 Å². The Hall–Kier alpha value is -0.600. The van der Waals surface area contributed by atoms with Gasteiger partial charge in [-0.3, -0.25) is 9.88 Å². The topological polar surface area (TPSA) is 16.1 Å². The maximum absolute atomic E-state index is 5.89. The Balaban J connectivity index is 2.71. The first-order valence-electron chi connectivity index (χ1n) is 6.41. The summed E-state index contributed by atoms with van der Waals surface area (Å²) < 4.78 is 0. The zero-order valence-corrected chi connectivity index (χ0v) is 11.9. The Morgan fingerprint density at radius 3 is 2.53 bits per heavy atom. The van der Waals surface area contributed by atoms with Crippen molar-refractivity contribution < 1.29 is 0 Å². The average Bonchev–Trinajstić information content (AvgIpc) is 2.31. The average molecular weight is 255 g/mol. The van der Waals surface area contributed by atoms with Gasteiger partial charge >= 0.3 is 0 Å².